The number of esters is 1. The summed E-state index contributed by atoms with van der Waals surface area (Å²) in [5.41, 5.74) is 3.58. The fraction of sp³-hybridized carbons (Fsp3) is 0.308. The summed E-state index contributed by atoms with van der Waals surface area (Å²) in [6, 6.07) is 20.3. The van der Waals surface area contributed by atoms with Gasteiger partial charge in [-0.15, -0.1) is 0 Å². The monoisotopic (exact) mass is 465 g/mol. The van der Waals surface area contributed by atoms with Crippen LogP contribution in [0.15, 0.2) is 66.7 Å². The highest BCUT2D eigenvalue weighted by molar-refractivity contribution is 7.91. The maximum atomic E-state index is 13.1. The zero-order chi connectivity index (χ0) is 23.6. The van der Waals surface area contributed by atoms with Gasteiger partial charge in [0.2, 0.25) is 5.78 Å². The van der Waals surface area contributed by atoms with Crippen molar-refractivity contribution in [2.75, 3.05) is 18.1 Å². The molecule has 1 fully saturated rings. The average Bonchev–Trinajstić information content (AvgIpc) is 3.31. The number of hydrogen-bond donors (Lipinski definition) is 0. The molecule has 0 saturated carbocycles. The first-order valence-electron chi connectivity index (χ1n) is 11.0. The molecule has 4 rings (SSSR count). The Bertz CT molecular complexity index is 1220. The van der Waals surface area contributed by atoms with E-state index >= 15 is 0 Å². The second-order valence-electron chi connectivity index (χ2n) is 8.50. The molecule has 33 heavy (non-hydrogen) atoms. The molecule has 2 aromatic carbocycles. The average molecular weight is 466 g/mol. The van der Waals surface area contributed by atoms with Crippen LogP contribution in [0.3, 0.4) is 0 Å². The number of ether oxygens (including phenoxy) is 1. The van der Waals surface area contributed by atoms with Gasteiger partial charge in [-0.05, 0) is 37.5 Å². The molecule has 1 aromatic heterocycles. The van der Waals surface area contributed by atoms with Gasteiger partial charge in [-0.2, -0.15) is 0 Å². The Morgan fingerprint density at radius 3 is 2.09 bits per heavy atom. The highest BCUT2D eigenvalue weighted by Gasteiger charge is 2.32. The van der Waals surface area contributed by atoms with Crippen molar-refractivity contribution in [2.45, 2.75) is 32.2 Å². The molecule has 3 aromatic rings. The second kappa shape index (κ2) is 9.35. The predicted octanol–water partition coefficient (Wildman–Crippen LogP) is 4.02. The SMILES string of the molecule is Cc1cc(C(=O)COC(=O)C(c2ccccc2)c2ccccc2)c(C)n1[C@@H]1CCS(=O)(=O)C1. The summed E-state index contributed by atoms with van der Waals surface area (Å²) < 4.78 is 31.3. The molecule has 0 bridgehead atoms. The molecule has 2 heterocycles. The Labute approximate surface area is 194 Å². The highest BCUT2D eigenvalue weighted by Crippen LogP contribution is 2.30. The Morgan fingerprint density at radius 1 is 1.00 bits per heavy atom. The van der Waals surface area contributed by atoms with Crippen LogP contribution < -0.4 is 0 Å². The van der Waals surface area contributed by atoms with Crippen molar-refractivity contribution in [3.63, 3.8) is 0 Å². The number of benzene rings is 2. The first-order valence-corrected chi connectivity index (χ1v) is 12.8. The summed E-state index contributed by atoms with van der Waals surface area (Å²) in [6.45, 7) is 3.30. The molecule has 6 nitrogen and oxygen atoms in total. The van der Waals surface area contributed by atoms with Crippen LogP contribution in [-0.4, -0.2) is 42.9 Å². The summed E-state index contributed by atoms with van der Waals surface area (Å²) in [5, 5.41) is 0. The lowest BCUT2D eigenvalue weighted by Crippen LogP contribution is -2.21. The lowest BCUT2D eigenvalue weighted by Gasteiger charge is -2.17. The van der Waals surface area contributed by atoms with Crippen LogP contribution in [0.2, 0.25) is 0 Å². The minimum absolute atomic E-state index is 0.0851. The minimum atomic E-state index is -3.05. The minimum Gasteiger partial charge on any atom is -0.457 e. The van der Waals surface area contributed by atoms with Crippen molar-refractivity contribution in [3.05, 3.63) is 94.8 Å². The van der Waals surface area contributed by atoms with E-state index < -0.39 is 21.7 Å². The van der Waals surface area contributed by atoms with Crippen molar-refractivity contribution in [3.8, 4) is 0 Å². The van der Waals surface area contributed by atoms with E-state index in [4.69, 9.17) is 4.74 Å². The zero-order valence-electron chi connectivity index (χ0n) is 18.7. The van der Waals surface area contributed by atoms with Crippen molar-refractivity contribution < 1.29 is 22.7 Å². The standard InChI is InChI=1S/C26H27NO5S/c1-18-15-23(19(2)27(18)22-13-14-33(30,31)17-22)24(28)16-32-26(29)25(20-9-5-3-6-10-20)21-11-7-4-8-12-21/h3-12,15,22,25H,13-14,16-17H2,1-2H3/t22-/m1/s1. The Morgan fingerprint density at radius 2 is 1.58 bits per heavy atom. The molecular weight excluding hydrogens is 438 g/mol. The molecule has 7 heteroatoms. The Hall–Kier alpha value is -3.19. The number of carbonyl (C=O) groups excluding carboxylic acids is 2. The first kappa shape index (κ1) is 23.0. The molecule has 0 amide bonds. The summed E-state index contributed by atoms with van der Waals surface area (Å²) >= 11 is 0. The van der Waals surface area contributed by atoms with Crippen molar-refractivity contribution >= 4 is 21.6 Å². The van der Waals surface area contributed by atoms with Gasteiger partial charge in [-0.1, -0.05) is 60.7 Å². The number of sulfone groups is 1. The normalized spacial score (nSPS) is 17.2. The summed E-state index contributed by atoms with van der Waals surface area (Å²) in [7, 11) is -3.05. The van der Waals surface area contributed by atoms with E-state index in [-0.39, 0.29) is 29.9 Å². The molecule has 0 spiro atoms. The van der Waals surface area contributed by atoms with Crippen LogP contribution in [0.1, 0.15) is 51.3 Å². The lowest BCUT2D eigenvalue weighted by molar-refractivity contribution is -0.143. The van der Waals surface area contributed by atoms with Gasteiger partial charge in [0.15, 0.2) is 16.4 Å². The smallest absolute Gasteiger partial charge is 0.318 e. The van der Waals surface area contributed by atoms with Gasteiger partial charge in [0, 0.05) is 23.0 Å². The molecule has 0 N–H and O–H groups in total. The predicted molar refractivity (Wildman–Crippen MR) is 126 cm³/mol. The quantitative estimate of drug-likeness (QED) is 0.389. The van der Waals surface area contributed by atoms with Gasteiger partial charge in [-0.25, -0.2) is 8.42 Å². The van der Waals surface area contributed by atoms with Gasteiger partial charge in [0.05, 0.1) is 11.5 Å². The third kappa shape index (κ3) is 4.93. The van der Waals surface area contributed by atoms with Crippen LogP contribution >= 0.6 is 0 Å². The number of ketones is 1. The molecule has 1 saturated heterocycles. The van der Waals surface area contributed by atoms with Crippen LogP contribution in [-0.2, 0) is 19.4 Å². The zero-order valence-corrected chi connectivity index (χ0v) is 19.5. The van der Waals surface area contributed by atoms with Crippen LogP contribution in [0.25, 0.3) is 0 Å². The van der Waals surface area contributed by atoms with E-state index in [0.717, 1.165) is 16.8 Å². The number of carbonyl (C=O) groups is 2. The van der Waals surface area contributed by atoms with Crippen molar-refractivity contribution in [2.24, 2.45) is 0 Å². The van der Waals surface area contributed by atoms with E-state index in [1.54, 1.807) is 6.07 Å². The number of aryl methyl sites for hydroxylation is 1. The van der Waals surface area contributed by atoms with Crippen LogP contribution in [0.5, 0.6) is 0 Å². The van der Waals surface area contributed by atoms with E-state index in [1.165, 1.54) is 0 Å². The Kier molecular flexibility index (Phi) is 6.51. The Balaban J connectivity index is 1.51. The van der Waals surface area contributed by atoms with Gasteiger partial charge < -0.3 is 9.30 Å². The summed E-state index contributed by atoms with van der Waals surface area (Å²) in [5.74, 6) is -1.17. The van der Waals surface area contributed by atoms with Gasteiger partial charge >= 0.3 is 5.97 Å². The van der Waals surface area contributed by atoms with Crippen LogP contribution in [0.4, 0.5) is 0 Å². The second-order valence-corrected chi connectivity index (χ2v) is 10.7. The molecule has 0 aliphatic carbocycles. The molecular formula is C26H27NO5S. The van der Waals surface area contributed by atoms with Crippen LogP contribution in [0, 0.1) is 13.8 Å². The van der Waals surface area contributed by atoms with Gasteiger partial charge in [0.25, 0.3) is 0 Å². The van der Waals surface area contributed by atoms with Crippen molar-refractivity contribution in [1.82, 2.24) is 4.57 Å². The molecule has 0 unspecified atom stereocenters. The number of Topliss-reactive ketones (excluding diaryl/α,β-unsaturated/α-hetero) is 1. The third-order valence-electron chi connectivity index (χ3n) is 6.21. The van der Waals surface area contributed by atoms with E-state index in [9.17, 15) is 18.0 Å². The number of aromatic nitrogens is 1. The topological polar surface area (TPSA) is 82.4 Å². The number of rotatable bonds is 7. The maximum Gasteiger partial charge on any atom is 0.318 e. The molecule has 172 valence electrons. The largest absolute Gasteiger partial charge is 0.457 e. The fourth-order valence-corrected chi connectivity index (χ4v) is 6.35. The maximum absolute atomic E-state index is 13.1. The molecule has 1 atom stereocenters. The first-order chi connectivity index (χ1) is 15.8. The lowest BCUT2D eigenvalue weighted by atomic mass is 9.91. The van der Waals surface area contributed by atoms with Crippen molar-refractivity contribution in [1.29, 1.82) is 0 Å². The van der Waals surface area contributed by atoms with Gasteiger partial charge in [0.1, 0.15) is 5.92 Å². The highest BCUT2D eigenvalue weighted by atomic mass is 32.2. The molecule has 1 aliphatic rings. The summed E-state index contributed by atoms with van der Waals surface area (Å²) in [6.07, 6.45) is 0.539. The van der Waals surface area contributed by atoms with E-state index in [2.05, 4.69) is 0 Å². The molecule has 1 aliphatic heterocycles. The fourth-order valence-electron chi connectivity index (χ4n) is 4.65. The van der Waals surface area contributed by atoms with E-state index in [0.29, 0.717) is 17.7 Å². The number of hydrogen-bond acceptors (Lipinski definition) is 5. The van der Waals surface area contributed by atoms with E-state index in [1.807, 2.05) is 79.1 Å². The van der Waals surface area contributed by atoms with Gasteiger partial charge in [-0.3, -0.25) is 9.59 Å². The number of nitrogens with zero attached hydrogens (tertiary/aromatic N) is 1. The summed E-state index contributed by atoms with van der Waals surface area (Å²) in [4.78, 5) is 26.0. The molecule has 0 radical (unpaired) electrons. The third-order valence-corrected chi connectivity index (χ3v) is 7.96.